The van der Waals surface area contributed by atoms with Crippen LogP contribution in [0, 0.1) is 10.1 Å². The highest BCUT2D eigenvalue weighted by atomic mass is 16.6. The Morgan fingerprint density at radius 1 is 1.09 bits per heavy atom. The van der Waals surface area contributed by atoms with Gasteiger partial charge in [-0.15, -0.1) is 0 Å². The van der Waals surface area contributed by atoms with Gasteiger partial charge in [0.25, 0.3) is 5.69 Å². The third kappa shape index (κ3) is 6.39. The second kappa shape index (κ2) is 11.2. The first-order valence-corrected chi connectivity index (χ1v) is 10.0. The van der Waals surface area contributed by atoms with E-state index in [1.165, 1.54) is 43.7 Å². The van der Waals surface area contributed by atoms with E-state index < -0.39 is 16.8 Å². The topological polar surface area (TPSA) is 140 Å². The largest absolute Gasteiger partial charge is 0.493 e. The van der Waals surface area contributed by atoms with Gasteiger partial charge in [0.05, 0.1) is 30.2 Å². The number of rotatable bonds is 10. The Balaban J connectivity index is 1.61. The van der Waals surface area contributed by atoms with Gasteiger partial charge in [0.2, 0.25) is 5.91 Å². The standard InChI is InChI=1S/C24H21N3O7/c1-33-22-12-16(9-10-21(22)34-15-17-5-4-7-19(11-17)24(29)30)14-25-26-23(28)13-18-6-2-3-8-20(18)27(31)32/h2-12,14H,13,15H2,1H3,(H,26,28)(H,29,30)/b25-14+. The summed E-state index contributed by atoms with van der Waals surface area (Å²) in [6, 6.07) is 17.5. The van der Waals surface area contributed by atoms with Crippen LogP contribution in [-0.4, -0.2) is 35.2 Å². The molecule has 0 aliphatic carbocycles. The van der Waals surface area contributed by atoms with Gasteiger partial charge < -0.3 is 14.6 Å². The molecule has 0 aliphatic heterocycles. The molecule has 0 radical (unpaired) electrons. The lowest BCUT2D eigenvalue weighted by atomic mass is 10.1. The zero-order valence-corrected chi connectivity index (χ0v) is 18.1. The molecule has 0 aliphatic rings. The molecule has 0 fully saturated rings. The van der Waals surface area contributed by atoms with E-state index in [-0.39, 0.29) is 29.8 Å². The van der Waals surface area contributed by atoms with E-state index in [1.807, 2.05) is 0 Å². The molecule has 3 rings (SSSR count). The number of hydrazone groups is 1. The lowest BCUT2D eigenvalue weighted by Gasteiger charge is -2.11. The molecule has 0 spiro atoms. The Morgan fingerprint density at radius 3 is 2.62 bits per heavy atom. The minimum absolute atomic E-state index is 0.128. The molecule has 3 aromatic rings. The van der Waals surface area contributed by atoms with E-state index in [9.17, 15) is 19.7 Å². The molecule has 174 valence electrons. The van der Waals surface area contributed by atoms with Gasteiger partial charge in [0, 0.05) is 11.6 Å². The van der Waals surface area contributed by atoms with Crippen molar-refractivity contribution >= 4 is 23.8 Å². The summed E-state index contributed by atoms with van der Waals surface area (Å²) in [6.45, 7) is 0.145. The highest BCUT2D eigenvalue weighted by Crippen LogP contribution is 2.28. The SMILES string of the molecule is COc1cc(/C=N/NC(=O)Cc2ccccc2[N+](=O)[O-])ccc1OCc1cccc(C(=O)O)c1. The first-order valence-electron chi connectivity index (χ1n) is 10.0. The molecule has 1 amide bonds. The number of nitro groups is 1. The molecule has 0 aromatic heterocycles. The van der Waals surface area contributed by atoms with Crippen LogP contribution in [0.2, 0.25) is 0 Å². The summed E-state index contributed by atoms with van der Waals surface area (Å²) >= 11 is 0. The molecular formula is C24H21N3O7. The Kier molecular flexibility index (Phi) is 7.90. The fourth-order valence-corrected chi connectivity index (χ4v) is 3.07. The fourth-order valence-electron chi connectivity index (χ4n) is 3.07. The third-order valence-electron chi connectivity index (χ3n) is 4.70. The number of carbonyl (C=O) groups is 2. The maximum atomic E-state index is 12.1. The molecule has 0 saturated heterocycles. The Hall–Kier alpha value is -4.73. The lowest BCUT2D eigenvalue weighted by Crippen LogP contribution is -2.20. The summed E-state index contributed by atoms with van der Waals surface area (Å²) in [4.78, 5) is 33.7. The van der Waals surface area contributed by atoms with E-state index >= 15 is 0 Å². The van der Waals surface area contributed by atoms with Crippen molar-refractivity contribution in [2.24, 2.45) is 5.10 Å². The number of amides is 1. The highest BCUT2D eigenvalue weighted by Gasteiger charge is 2.15. The predicted octanol–water partition coefficient (Wildman–Crippen LogP) is 3.57. The average Bonchev–Trinajstić information content (AvgIpc) is 2.83. The van der Waals surface area contributed by atoms with Gasteiger partial charge in [-0.1, -0.05) is 30.3 Å². The number of aromatic carboxylic acids is 1. The summed E-state index contributed by atoms with van der Waals surface area (Å²) < 4.78 is 11.1. The molecule has 34 heavy (non-hydrogen) atoms. The van der Waals surface area contributed by atoms with Gasteiger partial charge in [-0.2, -0.15) is 5.10 Å². The van der Waals surface area contributed by atoms with E-state index in [4.69, 9.17) is 14.6 Å². The van der Waals surface area contributed by atoms with Crippen LogP contribution in [0.3, 0.4) is 0 Å². The Bertz CT molecular complexity index is 1240. The Morgan fingerprint density at radius 2 is 1.88 bits per heavy atom. The van der Waals surface area contributed by atoms with Crippen molar-refractivity contribution < 1.29 is 29.1 Å². The fraction of sp³-hybridized carbons (Fsp3) is 0.125. The number of hydrogen-bond acceptors (Lipinski definition) is 7. The van der Waals surface area contributed by atoms with E-state index in [2.05, 4.69) is 10.5 Å². The summed E-state index contributed by atoms with van der Waals surface area (Å²) in [5, 5.41) is 24.0. The van der Waals surface area contributed by atoms with Gasteiger partial charge >= 0.3 is 5.97 Å². The molecule has 0 bridgehead atoms. The molecule has 2 N–H and O–H groups in total. The summed E-state index contributed by atoms with van der Waals surface area (Å²) in [7, 11) is 1.47. The van der Waals surface area contributed by atoms with Gasteiger partial charge in [0.1, 0.15) is 6.61 Å². The maximum Gasteiger partial charge on any atom is 0.335 e. The molecule has 0 atom stereocenters. The van der Waals surface area contributed by atoms with Gasteiger partial charge in [-0.3, -0.25) is 14.9 Å². The molecular weight excluding hydrogens is 442 g/mol. The number of carboxylic acids is 1. The van der Waals surface area contributed by atoms with Crippen molar-refractivity contribution in [1.82, 2.24) is 5.43 Å². The van der Waals surface area contributed by atoms with Crippen molar-refractivity contribution in [3.05, 3.63) is 99.1 Å². The first kappa shape index (κ1) is 23.9. The number of methoxy groups -OCH3 is 1. The molecule has 0 saturated carbocycles. The van der Waals surface area contributed by atoms with Crippen LogP contribution < -0.4 is 14.9 Å². The second-order valence-corrected chi connectivity index (χ2v) is 7.06. The number of carboxylic acid groups (broad SMARTS) is 1. The van der Waals surface area contributed by atoms with E-state index in [0.29, 0.717) is 22.6 Å². The van der Waals surface area contributed by atoms with Crippen molar-refractivity contribution in [3.63, 3.8) is 0 Å². The normalized spacial score (nSPS) is 10.6. The van der Waals surface area contributed by atoms with E-state index in [1.54, 1.807) is 36.4 Å². The first-order chi connectivity index (χ1) is 16.4. The minimum Gasteiger partial charge on any atom is -0.493 e. The van der Waals surface area contributed by atoms with Crippen LogP contribution in [0.25, 0.3) is 0 Å². The molecule has 0 heterocycles. The van der Waals surface area contributed by atoms with Gasteiger partial charge in [0.15, 0.2) is 11.5 Å². The zero-order valence-electron chi connectivity index (χ0n) is 18.1. The second-order valence-electron chi connectivity index (χ2n) is 7.06. The van der Waals surface area contributed by atoms with Crippen LogP contribution in [0.1, 0.15) is 27.0 Å². The molecule has 3 aromatic carbocycles. The van der Waals surface area contributed by atoms with Crippen LogP contribution in [0.5, 0.6) is 11.5 Å². The third-order valence-corrected chi connectivity index (χ3v) is 4.70. The number of para-hydroxylation sites is 1. The number of hydrogen-bond donors (Lipinski definition) is 2. The van der Waals surface area contributed by atoms with Crippen LogP contribution in [0.4, 0.5) is 5.69 Å². The van der Waals surface area contributed by atoms with Crippen molar-refractivity contribution in [2.75, 3.05) is 7.11 Å². The van der Waals surface area contributed by atoms with Crippen molar-refractivity contribution in [1.29, 1.82) is 0 Å². The molecule has 10 nitrogen and oxygen atoms in total. The van der Waals surface area contributed by atoms with Crippen LogP contribution >= 0.6 is 0 Å². The van der Waals surface area contributed by atoms with Crippen LogP contribution in [0.15, 0.2) is 71.8 Å². The highest BCUT2D eigenvalue weighted by molar-refractivity contribution is 5.87. The van der Waals surface area contributed by atoms with Crippen molar-refractivity contribution in [3.8, 4) is 11.5 Å². The van der Waals surface area contributed by atoms with Crippen LogP contribution in [-0.2, 0) is 17.8 Å². The van der Waals surface area contributed by atoms with Crippen molar-refractivity contribution in [2.45, 2.75) is 13.0 Å². The number of benzene rings is 3. The maximum absolute atomic E-state index is 12.1. The predicted molar refractivity (Wildman–Crippen MR) is 123 cm³/mol. The lowest BCUT2D eigenvalue weighted by molar-refractivity contribution is -0.385. The average molecular weight is 463 g/mol. The zero-order chi connectivity index (χ0) is 24.5. The molecule has 10 heteroatoms. The number of carbonyl (C=O) groups excluding carboxylic acids is 1. The summed E-state index contributed by atoms with van der Waals surface area (Å²) in [5.74, 6) is -0.649. The number of ether oxygens (including phenoxy) is 2. The Labute approximate surface area is 194 Å². The van der Waals surface area contributed by atoms with Gasteiger partial charge in [-0.05, 0) is 41.5 Å². The van der Waals surface area contributed by atoms with E-state index in [0.717, 1.165) is 0 Å². The number of nitrogens with zero attached hydrogens (tertiary/aromatic N) is 2. The monoisotopic (exact) mass is 463 g/mol. The molecule has 0 unspecified atom stereocenters. The summed E-state index contributed by atoms with van der Waals surface area (Å²) in [6.07, 6.45) is 1.22. The summed E-state index contributed by atoms with van der Waals surface area (Å²) in [5.41, 5.74) is 3.98. The van der Waals surface area contributed by atoms with Gasteiger partial charge in [-0.25, -0.2) is 10.2 Å². The number of nitro benzene ring substituents is 1. The minimum atomic E-state index is -1.02. The number of nitrogens with one attached hydrogen (secondary N) is 1. The smallest absolute Gasteiger partial charge is 0.335 e. The quantitative estimate of drug-likeness (QED) is 0.266.